The monoisotopic (exact) mass is 523 g/mol. The zero-order valence-corrected chi connectivity index (χ0v) is 23.2. The van der Waals surface area contributed by atoms with Crippen molar-refractivity contribution in [1.29, 1.82) is 0 Å². The number of aryl methyl sites for hydroxylation is 2. The van der Waals surface area contributed by atoms with Crippen LogP contribution in [0.15, 0.2) is 140 Å². The number of para-hydroxylation sites is 1. The van der Waals surface area contributed by atoms with E-state index in [9.17, 15) is 0 Å². The van der Waals surface area contributed by atoms with Crippen LogP contribution < -0.4 is 4.90 Å². The van der Waals surface area contributed by atoms with E-state index in [1.165, 1.54) is 77.4 Å². The van der Waals surface area contributed by atoms with Crippen LogP contribution in [0.1, 0.15) is 11.1 Å². The normalized spacial score (nSPS) is 11.7. The molecule has 0 fully saturated rings. The van der Waals surface area contributed by atoms with E-state index in [2.05, 4.69) is 158 Å². The van der Waals surface area contributed by atoms with Crippen molar-refractivity contribution in [3.63, 3.8) is 0 Å². The molecule has 7 aromatic carbocycles. The predicted octanol–water partition coefficient (Wildman–Crippen LogP) is 11.4. The molecule has 1 aliphatic rings. The lowest BCUT2D eigenvalue weighted by Crippen LogP contribution is -2.10. The van der Waals surface area contributed by atoms with Crippen molar-refractivity contribution in [3.05, 3.63) is 151 Å². The third-order valence-electron chi connectivity index (χ3n) is 8.36. The number of hydrogen-bond donors (Lipinski definition) is 0. The Kier molecular flexibility index (Phi) is 5.33. The van der Waals surface area contributed by atoms with Crippen molar-refractivity contribution >= 4 is 38.6 Å². The minimum atomic E-state index is 1.16. The highest BCUT2D eigenvalue weighted by atomic mass is 15.1. The second-order valence-electron chi connectivity index (χ2n) is 11.3. The summed E-state index contributed by atoms with van der Waals surface area (Å²) >= 11 is 0. The van der Waals surface area contributed by atoms with E-state index in [1.54, 1.807) is 0 Å². The molecule has 194 valence electrons. The molecule has 0 bridgehead atoms. The summed E-state index contributed by atoms with van der Waals surface area (Å²) < 4.78 is 0. The summed E-state index contributed by atoms with van der Waals surface area (Å²) in [6, 6.07) is 51.2. The van der Waals surface area contributed by atoms with Gasteiger partial charge in [0.2, 0.25) is 0 Å². The first kappa shape index (κ1) is 23.7. The van der Waals surface area contributed by atoms with Gasteiger partial charge in [0, 0.05) is 17.1 Å². The Bertz CT molecular complexity index is 2090. The molecule has 0 unspecified atom stereocenters. The highest BCUT2D eigenvalue weighted by Gasteiger charge is 2.24. The van der Waals surface area contributed by atoms with E-state index in [4.69, 9.17) is 0 Å². The molecule has 0 saturated heterocycles. The SMILES string of the molecule is Cc1cc(C)cc(N(c2ccccc2)c2ccc3cc4c(cc3c2)-c2cc3ccc(-c5ccccc5)cc3cc2-4)c1. The van der Waals surface area contributed by atoms with Crippen LogP contribution in [0, 0.1) is 13.8 Å². The van der Waals surface area contributed by atoms with Gasteiger partial charge in [-0.2, -0.15) is 0 Å². The Balaban J connectivity index is 1.22. The molecule has 0 radical (unpaired) electrons. The van der Waals surface area contributed by atoms with Crippen molar-refractivity contribution < 1.29 is 0 Å². The highest BCUT2D eigenvalue weighted by molar-refractivity contribution is 6.12. The van der Waals surface area contributed by atoms with Crippen LogP contribution in [0.2, 0.25) is 0 Å². The number of hydrogen-bond acceptors (Lipinski definition) is 1. The van der Waals surface area contributed by atoms with Gasteiger partial charge in [0.05, 0.1) is 0 Å². The fourth-order valence-electron chi connectivity index (χ4n) is 6.46. The van der Waals surface area contributed by atoms with Crippen molar-refractivity contribution in [2.24, 2.45) is 0 Å². The van der Waals surface area contributed by atoms with Crippen LogP contribution in [0.25, 0.3) is 54.9 Å². The molecule has 0 aromatic heterocycles. The van der Waals surface area contributed by atoms with Crippen LogP contribution in [0.5, 0.6) is 0 Å². The first-order chi connectivity index (χ1) is 20.1. The van der Waals surface area contributed by atoms with E-state index in [1.807, 2.05) is 0 Å². The summed E-state index contributed by atoms with van der Waals surface area (Å²) in [6.45, 7) is 4.34. The lowest BCUT2D eigenvalue weighted by Gasteiger charge is -2.28. The van der Waals surface area contributed by atoms with Crippen molar-refractivity contribution in [2.45, 2.75) is 13.8 Å². The molecule has 0 heterocycles. The summed E-state index contributed by atoms with van der Waals surface area (Å²) in [5, 5.41) is 5.10. The van der Waals surface area contributed by atoms with Crippen LogP contribution >= 0.6 is 0 Å². The molecule has 0 atom stereocenters. The van der Waals surface area contributed by atoms with E-state index in [-0.39, 0.29) is 0 Å². The highest BCUT2D eigenvalue weighted by Crippen LogP contribution is 2.51. The number of rotatable bonds is 4. The van der Waals surface area contributed by atoms with E-state index in [0.29, 0.717) is 0 Å². The molecule has 41 heavy (non-hydrogen) atoms. The molecule has 0 aliphatic heterocycles. The molecule has 0 saturated carbocycles. The third-order valence-corrected chi connectivity index (χ3v) is 8.36. The molecule has 7 aromatic rings. The number of fused-ring (bicyclic) bond motifs is 6. The topological polar surface area (TPSA) is 3.24 Å². The average Bonchev–Trinajstić information content (AvgIpc) is 3.00. The first-order valence-corrected chi connectivity index (χ1v) is 14.3. The second kappa shape index (κ2) is 9.21. The average molecular weight is 524 g/mol. The van der Waals surface area contributed by atoms with Gasteiger partial charge in [-0.15, -0.1) is 0 Å². The lowest BCUT2D eigenvalue weighted by molar-refractivity contribution is 1.26. The smallest absolute Gasteiger partial charge is 0.0468 e. The minimum absolute atomic E-state index is 1.16. The van der Waals surface area contributed by atoms with Gasteiger partial charge < -0.3 is 4.90 Å². The fraction of sp³-hybridized carbons (Fsp3) is 0.0500. The van der Waals surface area contributed by atoms with Gasteiger partial charge in [-0.1, -0.05) is 72.8 Å². The van der Waals surface area contributed by atoms with Crippen molar-refractivity contribution in [1.82, 2.24) is 0 Å². The zero-order chi connectivity index (χ0) is 27.5. The Labute approximate surface area is 241 Å². The minimum Gasteiger partial charge on any atom is -0.310 e. The summed E-state index contributed by atoms with van der Waals surface area (Å²) in [7, 11) is 0. The van der Waals surface area contributed by atoms with Gasteiger partial charge in [0.25, 0.3) is 0 Å². The van der Waals surface area contributed by atoms with E-state index < -0.39 is 0 Å². The van der Waals surface area contributed by atoms with Crippen molar-refractivity contribution in [2.75, 3.05) is 4.90 Å². The first-order valence-electron chi connectivity index (χ1n) is 14.3. The molecule has 0 spiro atoms. The van der Waals surface area contributed by atoms with Gasteiger partial charge in [-0.3, -0.25) is 0 Å². The largest absolute Gasteiger partial charge is 0.310 e. The Morgan fingerprint density at radius 1 is 0.341 bits per heavy atom. The summed E-state index contributed by atoms with van der Waals surface area (Å²) in [5.74, 6) is 0. The third kappa shape index (κ3) is 4.01. The standard InChI is InChI=1S/C40H29N/c1-26-17-27(2)19-36(18-26)41(34-11-7-4-8-12-34)35-16-15-31-23-38-39-24-32-20-29(28-9-5-3-6-10-28)13-14-30(32)22-37(39)40(38)25-33(31)21-35/h3-25H,1-2H3. The molecular formula is C40H29N. The maximum Gasteiger partial charge on any atom is 0.0468 e. The van der Waals surface area contributed by atoms with Crippen LogP contribution in [-0.2, 0) is 0 Å². The molecule has 0 N–H and O–H groups in total. The summed E-state index contributed by atoms with van der Waals surface area (Å²) in [5.41, 5.74) is 14.0. The second-order valence-corrected chi connectivity index (χ2v) is 11.3. The fourth-order valence-corrected chi connectivity index (χ4v) is 6.46. The molecule has 8 rings (SSSR count). The van der Waals surface area contributed by atoms with E-state index >= 15 is 0 Å². The molecule has 0 amide bonds. The number of anilines is 3. The Morgan fingerprint density at radius 3 is 1.51 bits per heavy atom. The van der Waals surface area contributed by atoms with Gasteiger partial charge in [-0.05, 0) is 147 Å². The van der Waals surface area contributed by atoms with Gasteiger partial charge in [0.1, 0.15) is 0 Å². The molecule has 1 aliphatic carbocycles. The van der Waals surface area contributed by atoms with Crippen molar-refractivity contribution in [3.8, 4) is 33.4 Å². The summed E-state index contributed by atoms with van der Waals surface area (Å²) in [6.07, 6.45) is 0. The van der Waals surface area contributed by atoms with Crippen LogP contribution in [-0.4, -0.2) is 0 Å². The van der Waals surface area contributed by atoms with Gasteiger partial charge in [0.15, 0.2) is 0 Å². The molecular weight excluding hydrogens is 494 g/mol. The van der Waals surface area contributed by atoms with Gasteiger partial charge in [-0.25, -0.2) is 0 Å². The maximum absolute atomic E-state index is 2.38. The number of nitrogens with zero attached hydrogens (tertiary/aromatic N) is 1. The lowest BCUT2D eigenvalue weighted by atomic mass is 9.77. The van der Waals surface area contributed by atoms with Crippen LogP contribution in [0.3, 0.4) is 0 Å². The Morgan fingerprint density at radius 2 is 0.878 bits per heavy atom. The predicted molar refractivity (Wildman–Crippen MR) is 175 cm³/mol. The maximum atomic E-state index is 2.38. The summed E-state index contributed by atoms with van der Waals surface area (Å²) in [4.78, 5) is 2.37. The van der Waals surface area contributed by atoms with Gasteiger partial charge >= 0.3 is 0 Å². The number of benzene rings is 7. The zero-order valence-electron chi connectivity index (χ0n) is 23.2. The quantitative estimate of drug-likeness (QED) is 0.222. The van der Waals surface area contributed by atoms with E-state index in [0.717, 1.165) is 5.69 Å². The molecule has 1 heteroatoms. The Hall–Kier alpha value is -5.14. The van der Waals surface area contributed by atoms with Crippen LogP contribution in [0.4, 0.5) is 17.1 Å². The molecule has 1 nitrogen and oxygen atoms in total.